The monoisotopic (exact) mass is 445 g/mol. The fourth-order valence-corrected chi connectivity index (χ4v) is 2.79. The summed E-state index contributed by atoms with van der Waals surface area (Å²) in [6.07, 6.45) is 0.927. The Morgan fingerprint density at radius 1 is 1.26 bits per heavy atom. The van der Waals surface area contributed by atoms with Gasteiger partial charge in [0.15, 0.2) is 5.96 Å². The second kappa shape index (κ2) is 10.5. The van der Waals surface area contributed by atoms with Crippen molar-refractivity contribution in [2.75, 3.05) is 20.7 Å². The van der Waals surface area contributed by atoms with Crippen LogP contribution < -0.4 is 15.4 Å². The van der Waals surface area contributed by atoms with Gasteiger partial charge in [-0.05, 0) is 42.0 Å². The molecule has 0 unspecified atom stereocenters. The van der Waals surface area contributed by atoms with Crippen molar-refractivity contribution in [3.8, 4) is 5.75 Å². The van der Waals surface area contributed by atoms with Crippen molar-refractivity contribution in [1.82, 2.24) is 10.6 Å². The Bertz CT molecular complexity index is 614. The molecule has 0 radical (unpaired) electrons. The Balaban J connectivity index is 0.00000264. The smallest absolute Gasteiger partial charge is 0.191 e. The van der Waals surface area contributed by atoms with Crippen molar-refractivity contribution in [2.45, 2.75) is 19.9 Å². The van der Waals surface area contributed by atoms with Gasteiger partial charge in [-0.15, -0.1) is 35.3 Å². The highest BCUT2D eigenvalue weighted by atomic mass is 127. The molecule has 0 aliphatic rings. The molecule has 126 valence electrons. The number of aryl methyl sites for hydroxylation is 1. The lowest BCUT2D eigenvalue weighted by atomic mass is 10.1. The van der Waals surface area contributed by atoms with Gasteiger partial charge in [-0.2, -0.15) is 0 Å². The largest absolute Gasteiger partial charge is 0.496 e. The third-order valence-corrected chi connectivity index (χ3v) is 4.29. The lowest BCUT2D eigenvalue weighted by Gasteiger charge is -2.12. The van der Waals surface area contributed by atoms with Crippen LogP contribution in [0.4, 0.5) is 0 Å². The Morgan fingerprint density at radius 3 is 2.74 bits per heavy atom. The van der Waals surface area contributed by atoms with Crippen LogP contribution >= 0.6 is 35.3 Å². The number of methoxy groups -OCH3 is 1. The molecule has 2 rings (SSSR count). The van der Waals surface area contributed by atoms with Crippen molar-refractivity contribution in [1.29, 1.82) is 0 Å². The Labute approximate surface area is 159 Å². The Kier molecular flexibility index (Phi) is 9.01. The summed E-state index contributed by atoms with van der Waals surface area (Å²) >= 11 is 1.74. The third kappa shape index (κ3) is 6.39. The number of nitrogens with zero attached hydrogens (tertiary/aromatic N) is 1. The number of thiophene rings is 1. The molecule has 1 aromatic heterocycles. The molecular formula is C17H24IN3OS. The zero-order valence-electron chi connectivity index (χ0n) is 13.8. The predicted molar refractivity (Wildman–Crippen MR) is 109 cm³/mol. The SMILES string of the molecule is CN=C(NCCc1ccc(C)c(OC)c1)NCc1cccs1.I. The number of ether oxygens (including phenoxy) is 1. The first kappa shape index (κ1) is 19.8. The van der Waals surface area contributed by atoms with Crippen LogP contribution in [0.25, 0.3) is 0 Å². The number of halogens is 1. The fraction of sp³-hybridized carbons (Fsp3) is 0.353. The molecule has 1 heterocycles. The number of guanidine groups is 1. The molecule has 23 heavy (non-hydrogen) atoms. The van der Waals surface area contributed by atoms with Gasteiger partial charge in [0, 0.05) is 18.5 Å². The molecule has 1 aromatic carbocycles. The standard InChI is InChI=1S/C17H23N3OS.HI/c1-13-6-7-14(11-16(13)21-3)8-9-19-17(18-2)20-12-15-5-4-10-22-15;/h4-7,10-11H,8-9,12H2,1-3H3,(H2,18,19,20);1H. The van der Waals surface area contributed by atoms with Crippen molar-refractivity contribution < 1.29 is 4.74 Å². The summed E-state index contributed by atoms with van der Waals surface area (Å²) in [5.41, 5.74) is 2.41. The highest BCUT2D eigenvalue weighted by molar-refractivity contribution is 14.0. The average Bonchev–Trinajstić information content (AvgIpc) is 3.05. The number of hydrogen-bond acceptors (Lipinski definition) is 3. The zero-order valence-corrected chi connectivity index (χ0v) is 16.9. The van der Waals surface area contributed by atoms with Gasteiger partial charge in [0.1, 0.15) is 5.75 Å². The van der Waals surface area contributed by atoms with E-state index in [0.29, 0.717) is 0 Å². The van der Waals surface area contributed by atoms with E-state index in [9.17, 15) is 0 Å². The summed E-state index contributed by atoms with van der Waals surface area (Å²) in [6.45, 7) is 3.68. The van der Waals surface area contributed by atoms with Crippen molar-refractivity contribution in [3.63, 3.8) is 0 Å². The number of nitrogens with one attached hydrogen (secondary N) is 2. The van der Waals surface area contributed by atoms with Crippen LogP contribution in [0.1, 0.15) is 16.0 Å². The van der Waals surface area contributed by atoms with Gasteiger partial charge < -0.3 is 15.4 Å². The Morgan fingerprint density at radius 2 is 2.09 bits per heavy atom. The van der Waals surface area contributed by atoms with Gasteiger partial charge in [-0.25, -0.2) is 0 Å². The van der Waals surface area contributed by atoms with E-state index in [1.165, 1.54) is 10.4 Å². The molecule has 4 nitrogen and oxygen atoms in total. The van der Waals surface area contributed by atoms with Crippen molar-refractivity contribution in [3.05, 3.63) is 51.7 Å². The van der Waals surface area contributed by atoms with E-state index >= 15 is 0 Å². The van der Waals surface area contributed by atoms with E-state index in [1.54, 1.807) is 25.5 Å². The van der Waals surface area contributed by atoms with E-state index in [1.807, 2.05) is 0 Å². The molecule has 2 N–H and O–H groups in total. The molecule has 0 bridgehead atoms. The first-order valence-electron chi connectivity index (χ1n) is 7.33. The third-order valence-electron chi connectivity index (χ3n) is 3.41. The molecule has 0 saturated carbocycles. The van der Waals surface area contributed by atoms with Crippen LogP contribution in [0, 0.1) is 6.92 Å². The zero-order chi connectivity index (χ0) is 15.8. The minimum atomic E-state index is 0. The average molecular weight is 445 g/mol. The lowest BCUT2D eigenvalue weighted by Crippen LogP contribution is -2.37. The highest BCUT2D eigenvalue weighted by Gasteiger charge is 2.02. The number of benzene rings is 1. The lowest BCUT2D eigenvalue weighted by molar-refractivity contribution is 0.411. The number of aliphatic imine (C=N–C) groups is 1. The molecule has 0 spiro atoms. The quantitative estimate of drug-likeness (QED) is 0.406. The van der Waals surface area contributed by atoms with Crippen LogP contribution in [0.2, 0.25) is 0 Å². The summed E-state index contributed by atoms with van der Waals surface area (Å²) in [5.74, 6) is 1.77. The second-order valence-corrected chi connectivity index (χ2v) is 6.02. The minimum absolute atomic E-state index is 0. The summed E-state index contributed by atoms with van der Waals surface area (Å²) < 4.78 is 5.36. The van der Waals surface area contributed by atoms with E-state index < -0.39 is 0 Å². The highest BCUT2D eigenvalue weighted by Crippen LogP contribution is 2.18. The first-order valence-corrected chi connectivity index (χ1v) is 8.21. The number of hydrogen-bond donors (Lipinski definition) is 2. The molecule has 0 amide bonds. The van der Waals surface area contributed by atoms with Gasteiger partial charge in [0.25, 0.3) is 0 Å². The topological polar surface area (TPSA) is 45.7 Å². The second-order valence-electron chi connectivity index (χ2n) is 4.99. The summed E-state index contributed by atoms with van der Waals surface area (Å²) in [5, 5.41) is 8.73. The molecule has 0 fully saturated rings. The maximum atomic E-state index is 5.36. The molecule has 0 aliphatic carbocycles. The van der Waals surface area contributed by atoms with Gasteiger partial charge in [0.2, 0.25) is 0 Å². The van der Waals surface area contributed by atoms with Crippen LogP contribution in [-0.4, -0.2) is 26.7 Å². The molecule has 6 heteroatoms. The minimum Gasteiger partial charge on any atom is -0.496 e. The molecular weight excluding hydrogens is 421 g/mol. The molecule has 0 aliphatic heterocycles. The van der Waals surface area contributed by atoms with E-state index in [-0.39, 0.29) is 24.0 Å². The fourth-order valence-electron chi connectivity index (χ4n) is 2.15. The number of rotatable bonds is 6. The molecule has 0 atom stereocenters. The predicted octanol–water partition coefficient (Wildman–Crippen LogP) is 3.59. The van der Waals surface area contributed by atoms with Crippen LogP contribution in [0.5, 0.6) is 5.75 Å². The van der Waals surface area contributed by atoms with Gasteiger partial charge in [-0.1, -0.05) is 18.2 Å². The summed E-state index contributed by atoms with van der Waals surface area (Å²) in [6, 6.07) is 10.5. The Hall–Kier alpha value is -1.28. The van der Waals surface area contributed by atoms with Crippen LogP contribution in [-0.2, 0) is 13.0 Å². The van der Waals surface area contributed by atoms with Crippen molar-refractivity contribution in [2.24, 2.45) is 4.99 Å². The van der Waals surface area contributed by atoms with Gasteiger partial charge in [0.05, 0.1) is 13.7 Å². The van der Waals surface area contributed by atoms with E-state index in [2.05, 4.69) is 58.3 Å². The summed E-state index contributed by atoms with van der Waals surface area (Å²) in [4.78, 5) is 5.54. The van der Waals surface area contributed by atoms with E-state index in [4.69, 9.17) is 4.74 Å². The molecule has 2 aromatic rings. The van der Waals surface area contributed by atoms with E-state index in [0.717, 1.165) is 36.8 Å². The first-order chi connectivity index (χ1) is 10.7. The van der Waals surface area contributed by atoms with Crippen LogP contribution in [0.3, 0.4) is 0 Å². The van der Waals surface area contributed by atoms with Crippen LogP contribution in [0.15, 0.2) is 40.7 Å². The maximum Gasteiger partial charge on any atom is 0.191 e. The maximum absolute atomic E-state index is 5.36. The normalized spacial score (nSPS) is 10.8. The summed E-state index contributed by atoms with van der Waals surface area (Å²) in [7, 11) is 3.50. The molecule has 0 saturated heterocycles. The van der Waals surface area contributed by atoms with Gasteiger partial charge in [-0.3, -0.25) is 4.99 Å². The van der Waals surface area contributed by atoms with Gasteiger partial charge >= 0.3 is 0 Å². The van der Waals surface area contributed by atoms with Crippen molar-refractivity contribution >= 4 is 41.3 Å².